The van der Waals surface area contributed by atoms with Crippen molar-refractivity contribution in [2.45, 2.75) is 33.0 Å². The van der Waals surface area contributed by atoms with Gasteiger partial charge in [-0.05, 0) is 12.5 Å². The summed E-state index contributed by atoms with van der Waals surface area (Å²) in [7, 11) is 1.56. The Morgan fingerprint density at radius 2 is 1.86 bits per heavy atom. The fraction of sp³-hybridized carbons (Fsp3) is 0.412. The van der Waals surface area contributed by atoms with E-state index in [1.54, 1.807) is 11.6 Å². The third kappa shape index (κ3) is 2.52. The Hall–Kier alpha value is -2.14. The second-order valence-electron chi connectivity index (χ2n) is 5.76. The van der Waals surface area contributed by atoms with Gasteiger partial charge in [0.1, 0.15) is 0 Å². The maximum atomic E-state index is 12.4. The second-order valence-corrected chi connectivity index (χ2v) is 5.76. The summed E-state index contributed by atoms with van der Waals surface area (Å²) in [4.78, 5) is 26.9. The van der Waals surface area contributed by atoms with Crippen molar-refractivity contribution < 1.29 is 0 Å². The average molecular weight is 299 g/mol. The molecule has 5 heteroatoms. The summed E-state index contributed by atoms with van der Waals surface area (Å²) >= 11 is 0. The van der Waals surface area contributed by atoms with Gasteiger partial charge in [0, 0.05) is 45.3 Å². The fourth-order valence-electron chi connectivity index (χ4n) is 3.19. The smallest absolute Gasteiger partial charge is 0.297 e. The van der Waals surface area contributed by atoms with E-state index in [4.69, 9.17) is 0 Å². The predicted octanol–water partition coefficient (Wildman–Crippen LogP) is 1.13. The molecule has 0 fully saturated rings. The van der Waals surface area contributed by atoms with Crippen molar-refractivity contribution in [2.24, 2.45) is 7.05 Å². The van der Waals surface area contributed by atoms with Crippen molar-refractivity contribution in [3.05, 3.63) is 68.0 Å². The van der Waals surface area contributed by atoms with E-state index in [0.29, 0.717) is 13.1 Å². The Bertz CT molecular complexity index is 790. The quantitative estimate of drug-likeness (QED) is 0.853. The molecule has 0 saturated heterocycles. The molecule has 0 N–H and O–H groups in total. The number of hydrogen-bond acceptors (Lipinski definition) is 3. The lowest BCUT2D eigenvalue weighted by molar-refractivity contribution is 0.236. The van der Waals surface area contributed by atoms with Crippen LogP contribution in [0.25, 0.3) is 0 Å². The van der Waals surface area contributed by atoms with Crippen LogP contribution in [0, 0.1) is 0 Å². The van der Waals surface area contributed by atoms with Gasteiger partial charge in [-0.25, -0.2) is 4.79 Å². The molecule has 1 aliphatic rings. The minimum Gasteiger partial charge on any atom is -0.297 e. The van der Waals surface area contributed by atoms with E-state index >= 15 is 0 Å². The Kier molecular flexibility index (Phi) is 3.98. The topological polar surface area (TPSA) is 47.2 Å². The molecule has 5 nitrogen and oxygen atoms in total. The molecular weight excluding hydrogens is 278 g/mol. The Balaban J connectivity index is 1.95. The number of benzene rings is 1. The SMILES string of the molecule is CCn1c2c(c(=O)n(C)c1=O)CN(Cc1ccccc1)CC2. The van der Waals surface area contributed by atoms with Crippen LogP contribution in [0.3, 0.4) is 0 Å². The molecule has 1 aromatic heterocycles. The third-order valence-corrected chi connectivity index (χ3v) is 4.37. The fourth-order valence-corrected chi connectivity index (χ4v) is 3.19. The number of aromatic nitrogens is 2. The van der Waals surface area contributed by atoms with E-state index in [-0.39, 0.29) is 11.2 Å². The zero-order valence-electron chi connectivity index (χ0n) is 13.1. The molecule has 22 heavy (non-hydrogen) atoms. The molecule has 0 bridgehead atoms. The average Bonchev–Trinajstić information content (AvgIpc) is 2.55. The van der Waals surface area contributed by atoms with Gasteiger partial charge >= 0.3 is 5.69 Å². The van der Waals surface area contributed by atoms with Gasteiger partial charge in [0.25, 0.3) is 5.56 Å². The summed E-state index contributed by atoms with van der Waals surface area (Å²) < 4.78 is 2.96. The summed E-state index contributed by atoms with van der Waals surface area (Å²) in [5.74, 6) is 0. The minimum atomic E-state index is -0.206. The lowest BCUT2D eigenvalue weighted by Crippen LogP contribution is -2.46. The van der Waals surface area contributed by atoms with Crippen molar-refractivity contribution in [3.63, 3.8) is 0 Å². The maximum Gasteiger partial charge on any atom is 0.330 e. The summed E-state index contributed by atoms with van der Waals surface area (Å²) in [5.41, 5.74) is 2.57. The van der Waals surface area contributed by atoms with Crippen LogP contribution in [-0.4, -0.2) is 20.6 Å². The van der Waals surface area contributed by atoms with Crippen LogP contribution in [0.4, 0.5) is 0 Å². The summed E-state index contributed by atoms with van der Waals surface area (Å²) in [5, 5.41) is 0. The largest absolute Gasteiger partial charge is 0.330 e. The van der Waals surface area contributed by atoms with Crippen LogP contribution in [0.2, 0.25) is 0 Å². The van der Waals surface area contributed by atoms with E-state index in [2.05, 4.69) is 17.0 Å². The highest BCUT2D eigenvalue weighted by atomic mass is 16.2. The number of fused-ring (bicyclic) bond motifs is 1. The molecule has 1 aromatic carbocycles. The van der Waals surface area contributed by atoms with Crippen molar-refractivity contribution in [1.29, 1.82) is 0 Å². The molecule has 3 rings (SSSR count). The normalized spacial score (nSPS) is 14.8. The highest BCUT2D eigenvalue weighted by Gasteiger charge is 2.23. The van der Waals surface area contributed by atoms with Crippen LogP contribution >= 0.6 is 0 Å². The molecule has 1 aliphatic heterocycles. The first-order valence-corrected chi connectivity index (χ1v) is 7.69. The first kappa shape index (κ1) is 14.8. The number of rotatable bonds is 3. The molecule has 0 atom stereocenters. The van der Waals surface area contributed by atoms with Gasteiger partial charge in [-0.1, -0.05) is 30.3 Å². The highest BCUT2D eigenvalue weighted by Crippen LogP contribution is 2.17. The summed E-state index contributed by atoms with van der Waals surface area (Å²) in [6, 6.07) is 10.3. The van der Waals surface area contributed by atoms with E-state index < -0.39 is 0 Å². The van der Waals surface area contributed by atoms with Crippen LogP contribution in [-0.2, 0) is 33.1 Å². The standard InChI is InChI=1S/C17H21N3O2/c1-3-20-15-9-10-19(11-13-7-5-4-6-8-13)12-14(15)16(21)18(2)17(20)22/h4-8H,3,9-12H2,1-2H3. The maximum absolute atomic E-state index is 12.4. The second kappa shape index (κ2) is 5.93. The van der Waals surface area contributed by atoms with Crippen molar-refractivity contribution >= 4 is 0 Å². The molecule has 2 heterocycles. The molecule has 116 valence electrons. The molecule has 0 spiro atoms. The van der Waals surface area contributed by atoms with Gasteiger partial charge < -0.3 is 0 Å². The number of nitrogens with zero attached hydrogens (tertiary/aromatic N) is 3. The van der Waals surface area contributed by atoms with Gasteiger partial charge in [-0.2, -0.15) is 0 Å². The van der Waals surface area contributed by atoms with Crippen molar-refractivity contribution in [2.75, 3.05) is 6.54 Å². The highest BCUT2D eigenvalue weighted by molar-refractivity contribution is 5.22. The zero-order chi connectivity index (χ0) is 15.7. The Morgan fingerprint density at radius 3 is 2.55 bits per heavy atom. The Morgan fingerprint density at radius 1 is 1.14 bits per heavy atom. The molecule has 0 aliphatic carbocycles. The monoisotopic (exact) mass is 299 g/mol. The van der Waals surface area contributed by atoms with Gasteiger partial charge in [0.05, 0.1) is 5.56 Å². The predicted molar refractivity (Wildman–Crippen MR) is 85.9 cm³/mol. The van der Waals surface area contributed by atoms with Gasteiger partial charge in [-0.3, -0.25) is 18.8 Å². The van der Waals surface area contributed by atoms with E-state index in [1.165, 1.54) is 10.1 Å². The van der Waals surface area contributed by atoms with Crippen molar-refractivity contribution in [3.8, 4) is 0 Å². The summed E-state index contributed by atoms with van der Waals surface area (Å²) in [6.07, 6.45) is 0.751. The van der Waals surface area contributed by atoms with Gasteiger partial charge in [0.15, 0.2) is 0 Å². The molecule has 0 saturated carbocycles. The molecule has 2 aromatic rings. The lowest BCUT2D eigenvalue weighted by Gasteiger charge is -2.30. The van der Waals surface area contributed by atoms with E-state index in [0.717, 1.165) is 30.8 Å². The van der Waals surface area contributed by atoms with Gasteiger partial charge in [-0.15, -0.1) is 0 Å². The first-order chi connectivity index (χ1) is 10.6. The first-order valence-electron chi connectivity index (χ1n) is 7.69. The zero-order valence-corrected chi connectivity index (χ0v) is 13.1. The van der Waals surface area contributed by atoms with Gasteiger partial charge in [0.2, 0.25) is 0 Å². The molecule has 0 unspecified atom stereocenters. The lowest BCUT2D eigenvalue weighted by atomic mass is 10.1. The minimum absolute atomic E-state index is 0.150. The molecular formula is C17H21N3O2. The van der Waals surface area contributed by atoms with Crippen LogP contribution in [0.15, 0.2) is 39.9 Å². The summed E-state index contributed by atoms with van der Waals surface area (Å²) in [6.45, 7) is 4.86. The van der Waals surface area contributed by atoms with Crippen molar-refractivity contribution in [1.82, 2.24) is 14.0 Å². The third-order valence-electron chi connectivity index (χ3n) is 4.37. The van der Waals surface area contributed by atoms with E-state index in [1.807, 2.05) is 25.1 Å². The Labute approximate surface area is 129 Å². The van der Waals surface area contributed by atoms with E-state index in [9.17, 15) is 9.59 Å². The number of hydrogen-bond donors (Lipinski definition) is 0. The van der Waals surface area contributed by atoms with Crippen LogP contribution < -0.4 is 11.2 Å². The van der Waals surface area contributed by atoms with Crippen LogP contribution in [0.1, 0.15) is 23.7 Å². The van der Waals surface area contributed by atoms with Crippen LogP contribution in [0.5, 0.6) is 0 Å². The molecule has 0 radical (unpaired) electrons. The molecule has 0 amide bonds.